The Morgan fingerprint density at radius 3 is 2.27 bits per heavy atom. The number of nitrogens with zero attached hydrogens (tertiary/aromatic N) is 1. The van der Waals surface area contributed by atoms with Crippen LogP contribution in [0.5, 0.6) is 0 Å². The number of carbonyl (C=O) groups is 4. The van der Waals surface area contributed by atoms with Crippen molar-refractivity contribution in [1.29, 1.82) is 0 Å². The molecule has 0 N–H and O–H groups in total. The molecule has 22 heavy (non-hydrogen) atoms. The van der Waals surface area contributed by atoms with Crippen LogP contribution in [0, 0.1) is 0 Å². The molecule has 0 radical (unpaired) electrons. The highest BCUT2D eigenvalue weighted by Gasteiger charge is 2.52. The van der Waals surface area contributed by atoms with E-state index in [1.165, 1.54) is 20.8 Å². The molecule has 122 valence electrons. The Morgan fingerprint density at radius 1 is 1.09 bits per heavy atom. The number of amides is 2. The van der Waals surface area contributed by atoms with Crippen molar-refractivity contribution in [3.05, 3.63) is 0 Å². The molecular weight excluding hydrogens is 298 g/mol. The van der Waals surface area contributed by atoms with Crippen LogP contribution in [0.4, 0.5) is 0 Å². The topological polar surface area (TPSA) is 108 Å². The van der Waals surface area contributed by atoms with Crippen molar-refractivity contribution in [3.63, 3.8) is 0 Å². The summed E-state index contributed by atoms with van der Waals surface area (Å²) in [7, 11) is 0. The van der Waals surface area contributed by atoms with Gasteiger partial charge in [0, 0.05) is 20.8 Å². The molecule has 0 aromatic carbocycles. The fraction of sp³-hybridized carbons (Fsp3) is 0.692. The zero-order valence-electron chi connectivity index (χ0n) is 12.4. The van der Waals surface area contributed by atoms with Gasteiger partial charge in [0.25, 0.3) is 5.91 Å². The molecule has 2 amide bonds. The Kier molecular flexibility index (Phi) is 4.77. The van der Waals surface area contributed by atoms with E-state index in [-0.39, 0.29) is 13.2 Å². The fourth-order valence-electron chi connectivity index (χ4n) is 2.54. The van der Waals surface area contributed by atoms with Crippen molar-refractivity contribution in [1.82, 2.24) is 4.90 Å². The molecule has 0 bridgehead atoms. The van der Waals surface area contributed by atoms with Gasteiger partial charge in [-0.2, -0.15) is 0 Å². The number of hydrogen-bond acceptors (Lipinski definition) is 8. The third kappa shape index (κ3) is 3.25. The molecule has 2 saturated heterocycles. The van der Waals surface area contributed by atoms with E-state index in [1.807, 2.05) is 0 Å². The maximum absolute atomic E-state index is 11.8. The monoisotopic (exact) mass is 315 g/mol. The molecule has 9 heteroatoms. The summed E-state index contributed by atoms with van der Waals surface area (Å²) in [5.41, 5.74) is 0. The number of rotatable bonds is 2. The first-order valence-electron chi connectivity index (χ1n) is 6.71. The lowest BCUT2D eigenvalue weighted by Gasteiger charge is -2.46. The minimum absolute atomic E-state index is 0.126. The van der Waals surface area contributed by atoms with Gasteiger partial charge >= 0.3 is 11.9 Å². The summed E-state index contributed by atoms with van der Waals surface area (Å²) in [6.07, 6.45) is -3.77. The molecule has 2 aliphatic rings. The number of carbonyl (C=O) groups excluding carboxylic acids is 4. The molecule has 2 fully saturated rings. The van der Waals surface area contributed by atoms with E-state index >= 15 is 0 Å². The predicted molar refractivity (Wildman–Crippen MR) is 68.1 cm³/mol. The highest BCUT2D eigenvalue weighted by Crippen LogP contribution is 2.29. The molecule has 0 saturated carbocycles. The van der Waals surface area contributed by atoms with Crippen molar-refractivity contribution in [2.45, 2.75) is 45.3 Å². The molecule has 0 aromatic rings. The molecule has 2 rings (SSSR count). The van der Waals surface area contributed by atoms with Crippen molar-refractivity contribution in [2.24, 2.45) is 0 Å². The van der Waals surface area contributed by atoms with Crippen LogP contribution in [0.1, 0.15) is 20.8 Å². The van der Waals surface area contributed by atoms with Gasteiger partial charge in [0.2, 0.25) is 5.91 Å². The van der Waals surface area contributed by atoms with Crippen LogP contribution in [0.25, 0.3) is 0 Å². The lowest BCUT2D eigenvalue weighted by Crippen LogP contribution is -2.67. The largest absolute Gasteiger partial charge is 0.456 e. The van der Waals surface area contributed by atoms with Crippen LogP contribution in [0.15, 0.2) is 0 Å². The lowest BCUT2D eigenvalue weighted by atomic mass is 10.0. The first-order chi connectivity index (χ1) is 10.3. The van der Waals surface area contributed by atoms with E-state index < -0.39 is 48.3 Å². The first-order valence-corrected chi connectivity index (χ1v) is 6.71. The number of ether oxygens (including phenoxy) is 4. The number of esters is 2. The van der Waals surface area contributed by atoms with Crippen LogP contribution in [-0.4, -0.2) is 66.4 Å². The van der Waals surface area contributed by atoms with Gasteiger partial charge < -0.3 is 18.9 Å². The quantitative estimate of drug-likeness (QED) is 0.596. The SMILES string of the molecule is CC(=O)O[C@@H]1[C@H]2OCC(=O)N(C(C)=O)[C@@H]2OC[C@@H]1OC(C)=O. The molecule has 2 heterocycles. The van der Waals surface area contributed by atoms with Crippen LogP contribution in [0.2, 0.25) is 0 Å². The van der Waals surface area contributed by atoms with Gasteiger partial charge in [-0.1, -0.05) is 0 Å². The van der Waals surface area contributed by atoms with Gasteiger partial charge in [-0.3, -0.25) is 24.1 Å². The molecule has 0 spiro atoms. The van der Waals surface area contributed by atoms with Crippen LogP contribution < -0.4 is 0 Å². The van der Waals surface area contributed by atoms with Crippen molar-refractivity contribution >= 4 is 23.8 Å². The number of fused-ring (bicyclic) bond motifs is 1. The molecular formula is C13H17NO8. The van der Waals surface area contributed by atoms with E-state index in [0.717, 1.165) is 4.90 Å². The van der Waals surface area contributed by atoms with Crippen molar-refractivity contribution in [2.75, 3.05) is 13.2 Å². The Morgan fingerprint density at radius 2 is 1.73 bits per heavy atom. The number of morpholine rings is 1. The molecule has 9 nitrogen and oxygen atoms in total. The molecule has 2 aliphatic heterocycles. The van der Waals surface area contributed by atoms with Gasteiger partial charge in [0.1, 0.15) is 12.7 Å². The smallest absolute Gasteiger partial charge is 0.303 e. The van der Waals surface area contributed by atoms with Gasteiger partial charge in [-0.05, 0) is 0 Å². The fourth-order valence-corrected chi connectivity index (χ4v) is 2.54. The van der Waals surface area contributed by atoms with E-state index in [4.69, 9.17) is 18.9 Å². The average molecular weight is 315 g/mol. The highest BCUT2D eigenvalue weighted by molar-refractivity contribution is 5.95. The molecule has 0 aliphatic carbocycles. The predicted octanol–water partition coefficient (Wildman–Crippen LogP) is -1.02. The second-order valence-corrected chi connectivity index (χ2v) is 5.00. The number of imide groups is 1. The number of hydrogen-bond donors (Lipinski definition) is 0. The molecule has 0 aromatic heterocycles. The van der Waals surface area contributed by atoms with E-state index in [2.05, 4.69) is 0 Å². The lowest BCUT2D eigenvalue weighted by molar-refractivity contribution is -0.263. The Bertz CT molecular complexity index is 504. The molecule has 4 atom stereocenters. The third-order valence-corrected chi connectivity index (χ3v) is 3.28. The standard InChI is InChI=1S/C13H17NO8/c1-6(15)14-10(18)5-19-12-11(22-8(3)17)9(21-7(2)16)4-20-13(12)14/h9,11-13H,4-5H2,1-3H3/t9-,11-,12+,13+/m0/s1. The first kappa shape index (κ1) is 16.4. The summed E-state index contributed by atoms with van der Waals surface area (Å²) in [6, 6.07) is 0. The van der Waals surface area contributed by atoms with Crippen LogP contribution in [0.3, 0.4) is 0 Å². The maximum atomic E-state index is 11.8. The van der Waals surface area contributed by atoms with Gasteiger partial charge in [0.05, 0.1) is 6.61 Å². The van der Waals surface area contributed by atoms with Gasteiger partial charge in [0.15, 0.2) is 18.4 Å². The summed E-state index contributed by atoms with van der Waals surface area (Å²) >= 11 is 0. The second kappa shape index (κ2) is 6.41. The van der Waals surface area contributed by atoms with E-state index in [9.17, 15) is 19.2 Å². The highest BCUT2D eigenvalue weighted by atomic mass is 16.6. The third-order valence-electron chi connectivity index (χ3n) is 3.28. The zero-order valence-corrected chi connectivity index (χ0v) is 12.4. The Balaban J connectivity index is 2.26. The summed E-state index contributed by atoms with van der Waals surface area (Å²) < 4.78 is 21.0. The maximum Gasteiger partial charge on any atom is 0.303 e. The minimum Gasteiger partial charge on any atom is -0.456 e. The van der Waals surface area contributed by atoms with Gasteiger partial charge in [-0.15, -0.1) is 0 Å². The Hall–Kier alpha value is -2.00. The normalized spacial score (nSPS) is 31.2. The van der Waals surface area contributed by atoms with E-state index in [0.29, 0.717) is 0 Å². The minimum atomic E-state index is -1.02. The summed E-state index contributed by atoms with van der Waals surface area (Å²) in [6.45, 7) is 3.16. The van der Waals surface area contributed by atoms with Crippen molar-refractivity contribution < 1.29 is 38.1 Å². The van der Waals surface area contributed by atoms with E-state index in [1.54, 1.807) is 0 Å². The van der Waals surface area contributed by atoms with Crippen LogP contribution >= 0.6 is 0 Å². The average Bonchev–Trinajstić information content (AvgIpc) is 2.39. The zero-order chi connectivity index (χ0) is 16.4. The summed E-state index contributed by atoms with van der Waals surface area (Å²) in [5.74, 6) is -2.21. The summed E-state index contributed by atoms with van der Waals surface area (Å²) in [4.78, 5) is 46.8. The van der Waals surface area contributed by atoms with Gasteiger partial charge in [-0.25, -0.2) is 0 Å². The van der Waals surface area contributed by atoms with Crippen LogP contribution in [-0.2, 0) is 38.1 Å². The Labute approximate surface area is 126 Å². The summed E-state index contributed by atoms with van der Waals surface area (Å²) in [5, 5.41) is 0. The second-order valence-electron chi connectivity index (χ2n) is 5.00. The van der Waals surface area contributed by atoms with Crippen molar-refractivity contribution in [3.8, 4) is 0 Å². The molecule has 0 unspecified atom stereocenters.